The number of H-pyrrole nitrogens is 1. The van der Waals surface area contributed by atoms with E-state index < -0.39 is 5.56 Å². The van der Waals surface area contributed by atoms with E-state index in [4.69, 9.17) is 58.0 Å². The zero-order valence-corrected chi connectivity index (χ0v) is 22.3. The topological polar surface area (TPSA) is 93.4 Å². The number of aromatic amines is 1. The van der Waals surface area contributed by atoms with Crippen LogP contribution in [0, 0.1) is 0 Å². The maximum absolute atomic E-state index is 13.7. The highest BCUT2D eigenvalue weighted by molar-refractivity contribution is 7.99. The predicted octanol–water partition coefficient (Wildman–Crippen LogP) is 7.30. The SMILES string of the molecule is O=c1c(Sc2nnnn2-c2ccccc2)c(Nc2ccc(Cl)cc2Cl)[nH]n1-c1c(Cl)cc(Cl)cc1Cl. The summed E-state index contributed by atoms with van der Waals surface area (Å²) >= 11 is 32.3. The molecule has 0 aliphatic heterocycles. The standard InChI is InChI=1S/C22H12Cl5N7OS/c23-11-6-7-17(14(25)8-11)28-20-19(36-22-29-31-32-33(22)13-4-2-1-3-5-13)21(35)34(30-20)18-15(26)9-12(24)10-16(18)27/h1-10,28,30H. The van der Waals surface area contributed by atoms with E-state index in [1.807, 2.05) is 30.3 Å². The quantitative estimate of drug-likeness (QED) is 0.213. The molecule has 2 aromatic heterocycles. The average molecular weight is 600 g/mol. The highest BCUT2D eigenvalue weighted by Crippen LogP contribution is 2.36. The number of nitrogens with zero attached hydrogens (tertiary/aromatic N) is 5. The van der Waals surface area contributed by atoms with Gasteiger partial charge >= 0.3 is 0 Å². The monoisotopic (exact) mass is 597 g/mol. The molecule has 0 saturated carbocycles. The van der Waals surface area contributed by atoms with Gasteiger partial charge in [-0.15, -0.1) is 5.10 Å². The number of hydrogen-bond acceptors (Lipinski definition) is 6. The van der Waals surface area contributed by atoms with E-state index in [0.717, 1.165) is 17.4 Å². The molecule has 5 rings (SSSR count). The largest absolute Gasteiger partial charge is 0.338 e. The summed E-state index contributed by atoms with van der Waals surface area (Å²) in [5, 5.41) is 19.9. The van der Waals surface area contributed by atoms with Crippen molar-refractivity contribution in [1.29, 1.82) is 0 Å². The lowest BCUT2D eigenvalue weighted by Gasteiger charge is -2.10. The number of para-hydroxylation sites is 1. The minimum atomic E-state index is -0.457. The number of aromatic nitrogens is 6. The molecule has 0 aliphatic rings. The molecule has 5 aromatic rings. The molecule has 8 nitrogen and oxygen atoms in total. The highest BCUT2D eigenvalue weighted by atomic mass is 35.5. The molecule has 0 unspecified atom stereocenters. The summed E-state index contributed by atoms with van der Waals surface area (Å²) in [5.74, 6) is 0.305. The van der Waals surface area contributed by atoms with Crippen LogP contribution in [0.5, 0.6) is 0 Å². The highest BCUT2D eigenvalue weighted by Gasteiger charge is 2.23. The number of nitrogens with one attached hydrogen (secondary N) is 2. The van der Waals surface area contributed by atoms with Crippen LogP contribution in [0.15, 0.2) is 75.5 Å². The van der Waals surface area contributed by atoms with Crippen LogP contribution in [-0.2, 0) is 0 Å². The molecule has 0 saturated heterocycles. The van der Waals surface area contributed by atoms with Crippen LogP contribution in [0.3, 0.4) is 0 Å². The van der Waals surface area contributed by atoms with Crippen LogP contribution >= 0.6 is 69.8 Å². The van der Waals surface area contributed by atoms with Crippen molar-refractivity contribution in [3.8, 4) is 11.4 Å². The first kappa shape index (κ1) is 25.0. The van der Waals surface area contributed by atoms with Crippen molar-refractivity contribution >= 4 is 81.3 Å². The summed E-state index contributed by atoms with van der Waals surface area (Å²) in [5.41, 5.74) is 1.00. The molecule has 0 radical (unpaired) electrons. The fourth-order valence-electron chi connectivity index (χ4n) is 3.30. The second kappa shape index (κ2) is 10.4. The summed E-state index contributed by atoms with van der Waals surface area (Å²) in [6, 6.07) is 17.2. The smallest absolute Gasteiger partial charge is 0.287 e. The molecule has 0 amide bonds. The third-order valence-corrected chi connectivity index (χ3v) is 7.24. The van der Waals surface area contributed by atoms with E-state index in [1.165, 1.54) is 21.5 Å². The first-order chi connectivity index (χ1) is 17.3. The molecule has 2 heterocycles. The zero-order valence-electron chi connectivity index (χ0n) is 17.7. The minimum absolute atomic E-state index is 0.178. The summed E-state index contributed by atoms with van der Waals surface area (Å²) in [4.78, 5) is 13.9. The van der Waals surface area contributed by atoms with Crippen LogP contribution < -0.4 is 10.9 Å². The number of anilines is 2. The van der Waals surface area contributed by atoms with Crippen LogP contribution in [0.2, 0.25) is 25.1 Å². The zero-order chi connectivity index (χ0) is 25.4. The Balaban J connectivity index is 1.65. The van der Waals surface area contributed by atoms with Gasteiger partial charge in [-0.3, -0.25) is 9.89 Å². The molecule has 14 heteroatoms. The molecule has 0 fully saturated rings. The maximum Gasteiger partial charge on any atom is 0.287 e. The van der Waals surface area contributed by atoms with Gasteiger partial charge in [-0.1, -0.05) is 76.2 Å². The molecule has 182 valence electrons. The Bertz CT molecular complexity index is 1610. The Kier molecular flexibility index (Phi) is 7.21. The Morgan fingerprint density at radius 3 is 2.25 bits per heavy atom. The maximum atomic E-state index is 13.7. The van der Waals surface area contributed by atoms with E-state index in [0.29, 0.717) is 31.7 Å². The Morgan fingerprint density at radius 2 is 1.56 bits per heavy atom. The van der Waals surface area contributed by atoms with Crippen molar-refractivity contribution in [2.45, 2.75) is 10.1 Å². The van der Waals surface area contributed by atoms with Crippen molar-refractivity contribution in [3.63, 3.8) is 0 Å². The fraction of sp³-hybridized carbons (Fsp3) is 0. The molecule has 0 spiro atoms. The van der Waals surface area contributed by atoms with Crippen molar-refractivity contribution in [3.05, 3.63) is 96.1 Å². The fourth-order valence-corrected chi connectivity index (χ4v) is 5.60. The van der Waals surface area contributed by atoms with Crippen molar-refractivity contribution in [1.82, 2.24) is 30.0 Å². The summed E-state index contributed by atoms with van der Waals surface area (Å²) < 4.78 is 2.73. The van der Waals surface area contributed by atoms with Crippen molar-refractivity contribution in [2.24, 2.45) is 0 Å². The molecule has 0 aliphatic carbocycles. The van der Waals surface area contributed by atoms with Gasteiger partial charge in [0.15, 0.2) is 0 Å². The number of benzene rings is 3. The van der Waals surface area contributed by atoms with Gasteiger partial charge in [-0.25, -0.2) is 4.68 Å². The Labute approximate surface area is 233 Å². The number of rotatable bonds is 6. The van der Waals surface area contributed by atoms with Gasteiger partial charge in [0.2, 0.25) is 5.16 Å². The molecule has 3 aromatic carbocycles. The van der Waals surface area contributed by atoms with Crippen LogP contribution in [-0.4, -0.2) is 30.0 Å². The second-order valence-corrected chi connectivity index (χ2v) is 10.3. The van der Waals surface area contributed by atoms with Gasteiger partial charge in [0.05, 0.1) is 26.4 Å². The first-order valence-electron chi connectivity index (χ1n) is 10.1. The minimum Gasteiger partial charge on any atom is -0.338 e. The van der Waals surface area contributed by atoms with Gasteiger partial charge in [0.1, 0.15) is 16.4 Å². The van der Waals surface area contributed by atoms with Gasteiger partial charge in [-0.2, -0.15) is 4.68 Å². The number of halogens is 5. The lowest BCUT2D eigenvalue weighted by Crippen LogP contribution is -2.16. The lowest BCUT2D eigenvalue weighted by molar-refractivity contribution is 0.756. The van der Waals surface area contributed by atoms with E-state index >= 15 is 0 Å². The molecular weight excluding hydrogens is 588 g/mol. The van der Waals surface area contributed by atoms with Gasteiger partial charge in [0, 0.05) is 10.0 Å². The summed E-state index contributed by atoms with van der Waals surface area (Å²) in [6.45, 7) is 0. The first-order valence-corrected chi connectivity index (χ1v) is 12.8. The third-order valence-electron chi connectivity index (χ3n) is 4.88. The number of tetrazole rings is 1. The molecule has 2 N–H and O–H groups in total. The van der Waals surface area contributed by atoms with Crippen molar-refractivity contribution < 1.29 is 0 Å². The Morgan fingerprint density at radius 1 is 0.861 bits per heavy atom. The van der Waals surface area contributed by atoms with Crippen LogP contribution in [0.1, 0.15) is 0 Å². The molecule has 0 atom stereocenters. The normalized spacial score (nSPS) is 11.1. The van der Waals surface area contributed by atoms with E-state index in [2.05, 4.69) is 25.9 Å². The van der Waals surface area contributed by atoms with E-state index in [9.17, 15) is 4.79 Å². The predicted molar refractivity (Wildman–Crippen MR) is 144 cm³/mol. The summed E-state index contributed by atoms with van der Waals surface area (Å²) in [6.07, 6.45) is 0. The third kappa shape index (κ3) is 4.95. The van der Waals surface area contributed by atoms with Gasteiger partial charge in [0.25, 0.3) is 5.56 Å². The van der Waals surface area contributed by atoms with E-state index in [1.54, 1.807) is 18.2 Å². The molecule has 0 bridgehead atoms. The van der Waals surface area contributed by atoms with Crippen molar-refractivity contribution in [2.75, 3.05) is 5.32 Å². The molecular formula is C22H12Cl5N7OS. The van der Waals surface area contributed by atoms with Gasteiger partial charge < -0.3 is 5.32 Å². The lowest BCUT2D eigenvalue weighted by atomic mass is 10.3. The average Bonchev–Trinajstić information content (AvgIpc) is 3.41. The van der Waals surface area contributed by atoms with E-state index in [-0.39, 0.29) is 20.6 Å². The number of hydrogen-bond donors (Lipinski definition) is 2. The van der Waals surface area contributed by atoms with Gasteiger partial charge in [-0.05, 0) is 64.7 Å². The van der Waals surface area contributed by atoms with Crippen LogP contribution in [0.4, 0.5) is 11.5 Å². The van der Waals surface area contributed by atoms with Crippen LogP contribution in [0.25, 0.3) is 11.4 Å². The summed E-state index contributed by atoms with van der Waals surface area (Å²) in [7, 11) is 0. The molecule has 36 heavy (non-hydrogen) atoms. The second-order valence-electron chi connectivity index (χ2n) is 7.23. The Hall–Kier alpha value is -2.66.